The minimum absolute atomic E-state index is 0.0652. The maximum Gasteiger partial charge on any atom is 0.243 e. The van der Waals surface area contributed by atoms with Gasteiger partial charge < -0.3 is 14.4 Å². The largest absolute Gasteiger partial charge is 0.486 e. The van der Waals surface area contributed by atoms with E-state index in [0.717, 1.165) is 19.4 Å². The highest BCUT2D eigenvalue weighted by molar-refractivity contribution is 7.89. The van der Waals surface area contributed by atoms with Crippen molar-refractivity contribution in [1.29, 1.82) is 0 Å². The lowest BCUT2D eigenvalue weighted by molar-refractivity contribution is -0.133. The number of nitrogens with zero attached hydrogens (tertiary/aromatic N) is 3. The van der Waals surface area contributed by atoms with Gasteiger partial charge >= 0.3 is 0 Å². The van der Waals surface area contributed by atoms with Crippen LogP contribution in [0.5, 0.6) is 11.5 Å². The number of aryl methyl sites for hydroxylation is 1. The second kappa shape index (κ2) is 9.56. The third-order valence-corrected chi connectivity index (χ3v) is 8.55. The second-order valence-corrected chi connectivity index (χ2v) is 11.2. The normalized spacial score (nSPS) is 18.8. The number of ether oxygens (including phenoxy) is 2. The van der Waals surface area contributed by atoms with Crippen LogP contribution in [0.15, 0.2) is 47.4 Å². The molecule has 2 fully saturated rings. The first-order valence-electron chi connectivity index (χ1n) is 11.9. The zero-order valence-corrected chi connectivity index (χ0v) is 20.3. The van der Waals surface area contributed by atoms with E-state index in [1.165, 1.54) is 21.5 Å². The summed E-state index contributed by atoms with van der Waals surface area (Å²) in [5.41, 5.74) is 2.43. The summed E-state index contributed by atoms with van der Waals surface area (Å²) in [7, 11) is -3.67. The highest BCUT2D eigenvalue weighted by Crippen LogP contribution is 2.33. The zero-order valence-electron chi connectivity index (χ0n) is 19.5. The van der Waals surface area contributed by atoms with Crippen LogP contribution >= 0.6 is 0 Å². The molecule has 0 bridgehead atoms. The van der Waals surface area contributed by atoms with Crippen molar-refractivity contribution in [3.05, 3.63) is 53.6 Å². The van der Waals surface area contributed by atoms with Gasteiger partial charge in [-0.15, -0.1) is 0 Å². The highest BCUT2D eigenvalue weighted by atomic mass is 32.2. The van der Waals surface area contributed by atoms with Crippen LogP contribution in [0.4, 0.5) is 0 Å². The van der Waals surface area contributed by atoms with Crippen LogP contribution in [-0.4, -0.2) is 80.4 Å². The molecule has 0 radical (unpaired) electrons. The van der Waals surface area contributed by atoms with Gasteiger partial charge in [-0.25, -0.2) is 8.42 Å². The molecule has 1 saturated heterocycles. The zero-order chi connectivity index (χ0) is 23.7. The van der Waals surface area contributed by atoms with E-state index in [4.69, 9.17) is 9.47 Å². The summed E-state index contributed by atoms with van der Waals surface area (Å²) in [6.45, 7) is 5.41. The van der Waals surface area contributed by atoms with Gasteiger partial charge in [-0.3, -0.25) is 9.69 Å². The van der Waals surface area contributed by atoms with E-state index in [0.29, 0.717) is 50.4 Å². The smallest absolute Gasteiger partial charge is 0.243 e. The maximum absolute atomic E-state index is 13.2. The number of amides is 1. The Hall–Kier alpha value is -2.62. The van der Waals surface area contributed by atoms with E-state index >= 15 is 0 Å². The lowest BCUT2D eigenvalue weighted by atomic mass is 10.1. The molecule has 3 aliphatic rings. The summed E-state index contributed by atoms with van der Waals surface area (Å²) in [4.78, 5) is 17.3. The van der Waals surface area contributed by atoms with Crippen LogP contribution in [0.1, 0.15) is 24.0 Å². The molecule has 8 nitrogen and oxygen atoms in total. The average molecular weight is 486 g/mol. The van der Waals surface area contributed by atoms with Crippen LogP contribution in [0.25, 0.3) is 0 Å². The first-order valence-corrected chi connectivity index (χ1v) is 13.3. The van der Waals surface area contributed by atoms with Gasteiger partial charge in [0.1, 0.15) is 13.2 Å². The molecule has 0 spiro atoms. The standard InChI is InChI=1S/C25H31N3O5S/c1-19-2-4-20(5-3-19)17-27(21-6-7-21)18-25(29)26-10-12-28(13-11-26)34(30,31)22-8-9-23-24(16-22)33-15-14-32-23/h2-5,8-9,16,21H,6-7,10-15,17-18H2,1H3. The van der Waals surface area contributed by atoms with Crippen LogP contribution in [0, 0.1) is 6.92 Å². The van der Waals surface area contributed by atoms with Gasteiger partial charge in [0.05, 0.1) is 11.4 Å². The summed E-state index contributed by atoms with van der Waals surface area (Å²) < 4.78 is 38.8. The Kier molecular flexibility index (Phi) is 6.50. The summed E-state index contributed by atoms with van der Waals surface area (Å²) in [5, 5.41) is 0. The molecule has 182 valence electrons. The van der Waals surface area contributed by atoms with E-state index < -0.39 is 10.0 Å². The second-order valence-electron chi connectivity index (χ2n) is 9.21. The molecule has 1 saturated carbocycles. The third kappa shape index (κ3) is 5.06. The Bertz CT molecular complexity index is 1140. The van der Waals surface area contributed by atoms with Crippen LogP contribution in [0.2, 0.25) is 0 Å². The number of rotatable bonds is 7. The fourth-order valence-corrected chi connectivity index (χ4v) is 5.90. The van der Waals surface area contributed by atoms with E-state index in [2.05, 4.69) is 36.1 Å². The van der Waals surface area contributed by atoms with Crippen LogP contribution in [-0.2, 0) is 21.4 Å². The number of benzene rings is 2. The fourth-order valence-electron chi connectivity index (χ4n) is 4.47. The molecule has 34 heavy (non-hydrogen) atoms. The van der Waals surface area contributed by atoms with Gasteiger partial charge in [-0.1, -0.05) is 29.8 Å². The number of hydrogen-bond acceptors (Lipinski definition) is 6. The summed E-state index contributed by atoms with van der Waals surface area (Å²) in [6.07, 6.45) is 2.25. The number of hydrogen-bond donors (Lipinski definition) is 0. The Morgan fingerprint density at radius 3 is 2.32 bits per heavy atom. The average Bonchev–Trinajstić information content (AvgIpc) is 3.70. The molecule has 9 heteroatoms. The molecule has 1 aliphatic carbocycles. The van der Waals surface area contributed by atoms with Gasteiger partial charge in [0.15, 0.2) is 11.5 Å². The summed E-state index contributed by atoms with van der Waals surface area (Å²) in [6, 6.07) is 13.6. The van der Waals surface area contributed by atoms with E-state index in [1.807, 2.05) is 0 Å². The predicted molar refractivity (Wildman–Crippen MR) is 127 cm³/mol. The molecule has 2 aliphatic heterocycles. The van der Waals surface area contributed by atoms with Crippen molar-refractivity contribution in [3.8, 4) is 11.5 Å². The van der Waals surface area contributed by atoms with Gasteiger partial charge in [0.2, 0.25) is 15.9 Å². The lowest BCUT2D eigenvalue weighted by Crippen LogP contribution is -2.52. The van der Waals surface area contributed by atoms with Crippen LogP contribution < -0.4 is 9.47 Å². The van der Waals surface area contributed by atoms with Gasteiger partial charge in [-0.05, 0) is 37.5 Å². The van der Waals surface area contributed by atoms with Crippen molar-refractivity contribution in [2.45, 2.75) is 37.2 Å². The van der Waals surface area contributed by atoms with Crippen LogP contribution in [0.3, 0.4) is 0 Å². The quantitative estimate of drug-likeness (QED) is 0.599. The van der Waals surface area contributed by atoms with Crippen molar-refractivity contribution >= 4 is 15.9 Å². The Morgan fingerprint density at radius 2 is 1.65 bits per heavy atom. The lowest BCUT2D eigenvalue weighted by Gasteiger charge is -2.35. The minimum Gasteiger partial charge on any atom is -0.486 e. The molecule has 2 aromatic rings. The predicted octanol–water partition coefficient (Wildman–Crippen LogP) is 2.26. The summed E-state index contributed by atoms with van der Waals surface area (Å²) in [5.74, 6) is 1.08. The monoisotopic (exact) mass is 485 g/mol. The molecular formula is C25H31N3O5S. The molecule has 0 N–H and O–H groups in total. The molecule has 5 rings (SSSR count). The Labute approximate surface area is 201 Å². The first-order chi connectivity index (χ1) is 16.4. The maximum atomic E-state index is 13.2. The molecule has 0 unspecified atom stereocenters. The van der Waals surface area contributed by atoms with Crippen molar-refractivity contribution in [2.24, 2.45) is 0 Å². The first kappa shape index (κ1) is 23.1. The third-order valence-electron chi connectivity index (χ3n) is 6.65. The topological polar surface area (TPSA) is 79.4 Å². The Morgan fingerprint density at radius 1 is 0.971 bits per heavy atom. The number of carbonyl (C=O) groups excluding carboxylic acids is 1. The molecular weight excluding hydrogens is 454 g/mol. The number of sulfonamides is 1. The van der Waals surface area contributed by atoms with Crippen molar-refractivity contribution < 1.29 is 22.7 Å². The minimum atomic E-state index is -3.67. The number of piperazine rings is 1. The summed E-state index contributed by atoms with van der Waals surface area (Å²) >= 11 is 0. The van der Waals surface area contributed by atoms with E-state index in [1.54, 1.807) is 17.0 Å². The number of carbonyl (C=O) groups is 1. The van der Waals surface area contributed by atoms with E-state index in [9.17, 15) is 13.2 Å². The van der Waals surface area contributed by atoms with Crippen molar-refractivity contribution in [3.63, 3.8) is 0 Å². The van der Waals surface area contributed by atoms with Gasteiger partial charge in [0, 0.05) is 44.8 Å². The molecule has 2 aromatic carbocycles. The number of fused-ring (bicyclic) bond motifs is 1. The molecule has 0 aromatic heterocycles. The van der Waals surface area contributed by atoms with E-state index in [-0.39, 0.29) is 23.9 Å². The van der Waals surface area contributed by atoms with Gasteiger partial charge in [-0.2, -0.15) is 4.31 Å². The van der Waals surface area contributed by atoms with Crippen molar-refractivity contribution in [2.75, 3.05) is 45.9 Å². The molecule has 1 amide bonds. The molecule has 0 atom stereocenters. The fraction of sp³-hybridized carbons (Fsp3) is 0.480. The Balaban J connectivity index is 1.19. The molecule has 2 heterocycles. The SMILES string of the molecule is Cc1ccc(CN(CC(=O)N2CCN(S(=O)(=O)c3ccc4c(c3)OCCO4)CC2)C2CC2)cc1. The van der Waals surface area contributed by atoms with Gasteiger partial charge in [0.25, 0.3) is 0 Å². The van der Waals surface area contributed by atoms with Crippen molar-refractivity contribution in [1.82, 2.24) is 14.1 Å². The highest BCUT2D eigenvalue weighted by Gasteiger charge is 2.34.